The SMILES string of the molecule is COc1cc2c(C)cc(=O)n(CC[C@@H]3CCCO3)c2cc1OC. The topological polar surface area (TPSA) is 49.7 Å². The van der Waals surface area contributed by atoms with Crippen LogP contribution in [-0.2, 0) is 11.3 Å². The first-order valence-corrected chi connectivity index (χ1v) is 8.02. The molecule has 1 saturated heterocycles. The number of fused-ring (bicyclic) bond motifs is 1. The van der Waals surface area contributed by atoms with Crippen LogP contribution in [0.2, 0.25) is 0 Å². The summed E-state index contributed by atoms with van der Waals surface area (Å²) in [7, 11) is 3.22. The van der Waals surface area contributed by atoms with Crippen LogP contribution in [0.1, 0.15) is 24.8 Å². The van der Waals surface area contributed by atoms with Gasteiger partial charge in [-0.15, -0.1) is 0 Å². The predicted molar refractivity (Wildman–Crippen MR) is 89.6 cm³/mol. The van der Waals surface area contributed by atoms with Gasteiger partial charge in [0.15, 0.2) is 11.5 Å². The minimum Gasteiger partial charge on any atom is -0.493 e. The van der Waals surface area contributed by atoms with Gasteiger partial charge in [0.25, 0.3) is 5.56 Å². The summed E-state index contributed by atoms with van der Waals surface area (Å²) in [5, 5.41) is 1.01. The molecular formula is C18H23NO4. The van der Waals surface area contributed by atoms with E-state index in [0.29, 0.717) is 18.0 Å². The Labute approximate surface area is 135 Å². The molecule has 0 unspecified atom stereocenters. The van der Waals surface area contributed by atoms with Crippen LogP contribution in [0.25, 0.3) is 10.9 Å². The van der Waals surface area contributed by atoms with E-state index in [9.17, 15) is 4.79 Å². The average molecular weight is 317 g/mol. The van der Waals surface area contributed by atoms with Crippen molar-refractivity contribution in [2.75, 3.05) is 20.8 Å². The standard InChI is InChI=1S/C18H23NO4/c1-12-9-18(20)19(7-6-13-5-4-8-23-13)15-11-17(22-3)16(21-2)10-14(12)15/h9-11,13H,4-8H2,1-3H3/t13-/m0/s1. The lowest BCUT2D eigenvalue weighted by molar-refractivity contribution is 0.100. The van der Waals surface area contributed by atoms with Gasteiger partial charge < -0.3 is 18.8 Å². The van der Waals surface area contributed by atoms with Crippen LogP contribution in [-0.4, -0.2) is 31.5 Å². The Morgan fingerprint density at radius 2 is 1.96 bits per heavy atom. The third-order valence-corrected chi connectivity index (χ3v) is 4.52. The van der Waals surface area contributed by atoms with Crippen LogP contribution in [0.3, 0.4) is 0 Å². The van der Waals surface area contributed by atoms with Crippen LogP contribution in [0.4, 0.5) is 0 Å². The first-order valence-electron chi connectivity index (χ1n) is 8.02. The molecule has 1 fully saturated rings. The monoisotopic (exact) mass is 317 g/mol. The lowest BCUT2D eigenvalue weighted by Gasteiger charge is -2.16. The molecule has 0 radical (unpaired) electrons. The summed E-state index contributed by atoms with van der Waals surface area (Å²) < 4.78 is 18.3. The first-order chi connectivity index (χ1) is 11.1. The number of hydrogen-bond acceptors (Lipinski definition) is 4. The zero-order chi connectivity index (χ0) is 16.4. The van der Waals surface area contributed by atoms with Crippen molar-refractivity contribution >= 4 is 10.9 Å². The second-order valence-electron chi connectivity index (χ2n) is 5.97. The fraction of sp³-hybridized carbons (Fsp3) is 0.500. The molecule has 1 aromatic carbocycles. The summed E-state index contributed by atoms with van der Waals surface area (Å²) in [6.45, 7) is 3.43. The van der Waals surface area contributed by atoms with Crippen LogP contribution in [0, 0.1) is 6.92 Å². The van der Waals surface area contributed by atoms with Crippen LogP contribution in [0.15, 0.2) is 23.0 Å². The number of benzene rings is 1. The van der Waals surface area contributed by atoms with Crippen molar-refractivity contribution in [3.63, 3.8) is 0 Å². The Kier molecular flexibility index (Phi) is 4.57. The molecular weight excluding hydrogens is 294 g/mol. The fourth-order valence-corrected chi connectivity index (χ4v) is 3.24. The molecule has 23 heavy (non-hydrogen) atoms. The second kappa shape index (κ2) is 6.62. The summed E-state index contributed by atoms with van der Waals surface area (Å²) in [5.41, 5.74) is 1.84. The molecule has 5 nitrogen and oxygen atoms in total. The smallest absolute Gasteiger partial charge is 0.251 e. The predicted octanol–water partition coefficient (Wildman–Crippen LogP) is 2.90. The molecule has 124 valence electrons. The number of rotatable bonds is 5. The minimum absolute atomic E-state index is 0.0141. The molecule has 0 bridgehead atoms. The maximum absolute atomic E-state index is 12.5. The molecule has 0 N–H and O–H groups in total. The van der Waals surface area contributed by atoms with Crippen molar-refractivity contribution < 1.29 is 14.2 Å². The number of hydrogen-bond donors (Lipinski definition) is 0. The Balaban J connectivity index is 2.06. The van der Waals surface area contributed by atoms with Crippen molar-refractivity contribution in [3.8, 4) is 11.5 Å². The van der Waals surface area contributed by atoms with Gasteiger partial charge in [0.1, 0.15) is 0 Å². The van der Waals surface area contributed by atoms with E-state index >= 15 is 0 Å². The van der Waals surface area contributed by atoms with E-state index in [1.807, 2.05) is 23.6 Å². The summed E-state index contributed by atoms with van der Waals surface area (Å²) in [6, 6.07) is 5.51. The van der Waals surface area contributed by atoms with Crippen molar-refractivity contribution in [3.05, 3.63) is 34.1 Å². The van der Waals surface area contributed by atoms with Gasteiger partial charge in [-0.3, -0.25) is 4.79 Å². The van der Waals surface area contributed by atoms with Gasteiger partial charge in [0.2, 0.25) is 0 Å². The highest BCUT2D eigenvalue weighted by Gasteiger charge is 2.17. The molecule has 2 aromatic rings. The van der Waals surface area contributed by atoms with E-state index in [2.05, 4.69) is 0 Å². The fourth-order valence-electron chi connectivity index (χ4n) is 3.24. The second-order valence-corrected chi connectivity index (χ2v) is 5.97. The number of methoxy groups -OCH3 is 2. The molecule has 1 aromatic heterocycles. The van der Waals surface area contributed by atoms with E-state index in [1.165, 1.54) is 0 Å². The molecule has 1 aliphatic heterocycles. The third-order valence-electron chi connectivity index (χ3n) is 4.52. The Bertz CT molecular complexity index is 760. The molecule has 0 aliphatic carbocycles. The quantitative estimate of drug-likeness (QED) is 0.851. The van der Waals surface area contributed by atoms with Crippen molar-refractivity contribution in [2.24, 2.45) is 0 Å². The molecule has 5 heteroatoms. The molecule has 1 atom stereocenters. The maximum Gasteiger partial charge on any atom is 0.251 e. The van der Waals surface area contributed by atoms with E-state index in [-0.39, 0.29) is 11.7 Å². The Hall–Kier alpha value is -2.01. The molecule has 2 heterocycles. The van der Waals surface area contributed by atoms with E-state index in [1.54, 1.807) is 20.3 Å². The lowest BCUT2D eigenvalue weighted by atomic mass is 10.1. The highest BCUT2D eigenvalue weighted by molar-refractivity contribution is 5.86. The summed E-state index contributed by atoms with van der Waals surface area (Å²) in [6.07, 6.45) is 3.31. The lowest BCUT2D eigenvalue weighted by Crippen LogP contribution is -2.23. The minimum atomic E-state index is 0.0141. The van der Waals surface area contributed by atoms with Gasteiger partial charge in [-0.1, -0.05) is 0 Å². The maximum atomic E-state index is 12.5. The molecule has 1 aliphatic rings. The highest BCUT2D eigenvalue weighted by atomic mass is 16.5. The van der Waals surface area contributed by atoms with Crippen molar-refractivity contribution in [1.82, 2.24) is 4.57 Å². The third kappa shape index (κ3) is 3.06. The molecule has 0 amide bonds. The van der Waals surface area contributed by atoms with Gasteiger partial charge >= 0.3 is 0 Å². The largest absolute Gasteiger partial charge is 0.493 e. The zero-order valence-electron chi connectivity index (χ0n) is 13.9. The molecule has 0 spiro atoms. The summed E-state index contributed by atoms with van der Waals surface area (Å²) in [5.74, 6) is 1.31. The molecule has 3 rings (SSSR count). The summed E-state index contributed by atoms with van der Waals surface area (Å²) >= 11 is 0. The average Bonchev–Trinajstić information content (AvgIpc) is 3.06. The van der Waals surface area contributed by atoms with Crippen LogP contribution in [0.5, 0.6) is 11.5 Å². The van der Waals surface area contributed by atoms with E-state index in [0.717, 1.165) is 42.3 Å². The number of ether oxygens (including phenoxy) is 3. The normalized spacial score (nSPS) is 17.6. The van der Waals surface area contributed by atoms with E-state index < -0.39 is 0 Å². The van der Waals surface area contributed by atoms with Gasteiger partial charge in [-0.2, -0.15) is 0 Å². The first kappa shape index (κ1) is 15.9. The molecule has 0 saturated carbocycles. The Morgan fingerprint density at radius 3 is 2.61 bits per heavy atom. The van der Waals surface area contributed by atoms with Crippen molar-refractivity contribution in [2.45, 2.75) is 38.8 Å². The van der Waals surface area contributed by atoms with E-state index in [4.69, 9.17) is 14.2 Å². The summed E-state index contributed by atoms with van der Waals surface area (Å²) in [4.78, 5) is 12.5. The van der Waals surface area contributed by atoms with Gasteiger partial charge in [0.05, 0.1) is 25.8 Å². The van der Waals surface area contributed by atoms with Crippen molar-refractivity contribution in [1.29, 1.82) is 0 Å². The Morgan fingerprint density at radius 1 is 1.22 bits per heavy atom. The zero-order valence-corrected chi connectivity index (χ0v) is 13.9. The van der Waals surface area contributed by atoms with Gasteiger partial charge in [-0.25, -0.2) is 0 Å². The number of pyridine rings is 1. The van der Waals surface area contributed by atoms with Crippen LogP contribution >= 0.6 is 0 Å². The van der Waals surface area contributed by atoms with Crippen LogP contribution < -0.4 is 15.0 Å². The number of nitrogens with zero attached hydrogens (tertiary/aromatic N) is 1. The number of aromatic nitrogens is 1. The van der Waals surface area contributed by atoms with Gasteiger partial charge in [-0.05, 0) is 37.8 Å². The van der Waals surface area contributed by atoms with Gasteiger partial charge in [0, 0.05) is 30.7 Å². The highest BCUT2D eigenvalue weighted by Crippen LogP contribution is 2.33. The number of aryl methyl sites for hydroxylation is 2.